The zero-order chi connectivity index (χ0) is 26.7. The molecule has 11 heteroatoms. The van der Waals surface area contributed by atoms with Gasteiger partial charge in [-0.05, 0) is 37.0 Å². The Morgan fingerprint density at radius 2 is 1.89 bits per heavy atom. The number of hydrogen-bond acceptors (Lipinski definition) is 8. The Morgan fingerprint density at radius 1 is 1.16 bits per heavy atom. The van der Waals surface area contributed by atoms with Crippen LogP contribution in [-0.4, -0.2) is 47.7 Å². The summed E-state index contributed by atoms with van der Waals surface area (Å²) < 4.78 is 10.4. The van der Waals surface area contributed by atoms with Crippen LogP contribution < -0.4 is 22.4 Å². The number of nitrogens with zero attached hydrogens (tertiary/aromatic N) is 1. The Balaban J connectivity index is 1.52. The number of nitrogens with two attached hydrogens (primary N) is 2. The molecule has 1 saturated heterocycles. The van der Waals surface area contributed by atoms with Gasteiger partial charge in [0.25, 0.3) is 5.91 Å². The minimum atomic E-state index is -0.980. The van der Waals surface area contributed by atoms with E-state index in [1.165, 1.54) is 24.0 Å². The van der Waals surface area contributed by atoms with E-state index in [0.29, 0.717) is 19.4 Å². The fraction of sp³-hybridized carbons (Fsp3) is 0.269. The van der Waals surface area contributed by atoms with Crippen LogP contribution in [-0.2, 0) is 16.1 Å². The van der Waals surface area contributed by atoms with Crippen molar-refractivity contribution in [1.29, 1.82) is 0 Å². The van der Waals surface area contributed by atoms with Crippen molar-refractivity contribution in [2.75, 3.05) is 18.8 Å². The Bertz CT molecular complexity index is 1450. The fourth-order valence-corrected chi connectivity index (χ4v) is 4.55. The van der Waals surface area contributed by atoms with E-state index in [0.717, 1.165) is 5.56 Å². The summed E-state index contributed by atoms with van der Waals surface area (Å²) in [6.45, 7) is 1.51. The maximum Gasteiger partial charge on any atom is 0.407 e. The van der Waals surface area contributed by atoms with E-state index in [-0.39, 0.29) is 46.5 Å². The van der Waals surface area contributed by atoms with E-state index < -0.39 is 35.4 Å². The number of nitrogens with one attached hydrogen (secondary N) is 1. The van der Waals surface area contributed by atoms with Crippen molar-refractivity contribution in [3.63, 3.8) is 0 Å². The number of likely N-dealkylation sites (tertiary alicyclic amines) is 1. The lowest BCUT2D eigenvalue weighted by Crippen LogP contribution is -2.45. The summed E-state index contributed by atoms with van der Waals surface area (Å²) in [6, 6.07) is 11.1. The molecule has 0 aliphatic carbocycles. The minimum Gasteiger partial charge on any atom is -0.445 e. The third-order valence-corrected chi connectivity index (χ3v) is 6.27. The second-order valence-electron chi connectivity index (χ2n) is 8.72. The van der Waals surface area contributed by atoms with Gasteiger partial charge in [-0.25, -0.2) is 9.59 Å². The van der Waals surface area contributed by atoms with Crippen LogP contribution in [0.1, 0.15) is 44.7 Å². The molecule has 4 rings (SSSR count). The Hall–Kier alpha value is -4.67. The number of aryl methyl sites for hydroxylation is 1. The van der Waals surface area contributed by atoms with Crippen LogP contribution in [0, 0.1) is 6.92 Å². The first-order valence-electron chi connectivity index (χ1n) is 11.6. The molecule has 1 atom stereocenters. The molecule has 0 saturated carbocycles. The lowest BCUT2D eigenvalue weighted by atomic mass is 9.94. The molecule has 3 aromatic rings. The number of amides is 3. The summed E-state index contributed by atoms with van der Waals surface area (Å²) in [5, 5.41) is 2.65. The number of fused-ring (bicyclic) bond motifs is 1. The number of nitrogen functional groups attached to an aromatic ring is 1. The molecule has 0 bridgehead atoms. The van der Waals surface area contributed by atoms with Gasteiger partial charge in [0.2, 0.25) is 5.91 Å². The number of ketones is 1. The Labute approximate surface area is 211 Å². The Morgan fingerprint density at radius 3 is 2.59 bits per heavy atom. The van der Waals surface area contributed by atoms with E-state index in [2.05, 4.69) is 5.32 Å². The highest BCUT2D eigenvalue weighted by Crippen LogP contribution is 2.30. The fourth-order valence-electron chi connectivity index (χ4n) is 4.55. The first kappa shape index (κ1) is 25.4. The van der Waals surface area contributed by atoms with E-state index in [9.17, 15) is 24.0 Å². The summed E-state index contributed by atoms with van der Waals surface area (Å²) in [5.74, 6) is -1.87. The van der Waals surface area contributed by atoms with E-state index in [4.69, 9.17) is 20.6 Å². The van der Waals surface area contributed by atoms with Crippen LogP contribution in [0.5, 0.6) is 0 Å². The van der Waals surface area contributed by atoms with Gasteiger partial charge in [0.15, 0.2) is 5.78 Å². The normalized spacial score (nSPS) is 14.9. The molecule has 5 N–H and O–H groups in total. The summed E-state index contributed by atoms with van der Waals surface area (Å²) in [4.78, 5) is 64.1. The average Bonchev–Trinajstić information content (AvgIpc) is 3.35. The van der Waals surface area contributed by atoms with Crippen LogP contribution >= 0.6 is 0 Å². The van der Waals surface area contributed by atoms with Gasteiger partial charge >= 0.3 is 11.7 Å². The second kappa shape index (κ2) is 10.5. The van der Waals surface area contributed by atoms with Crippen LogP contribution in [0.15, 0.2) is 51.7 Å². The number of rotatable bonds is 7. The van der Waals surface area contributed by atoms with E-state index in [1.54, 1.807) is 12.1 Å². The van der Waals surface area contributed by atoms with Gasteiger partial charge in [-0.15, -0.1) is 0 Å². The highest BCUT2D eigenvalue weighted by molar-refractivity contribution is 6.13. The van der Waals surface area contributed by atoms with Crippen LogP contribution in [0.25, 0.3) is 11.0 Å². The second-order valence-corrected chi connectivity index (χ2v) is 8.72. The minimum absolute atomic E-state index is 0.0366. The van der Waals surface area contributed by atoms with Crippen molar-refractivity contribution in [3.8, 4) is 0 Å². The number of alkyl carbamates (subject to hydrolysis) is 1. The third-order valence-electron chi connectivity index (χ3n) is 6.27. The molecular weight excluding hydrogens is 480 g/mol. The summed E-state index contributed by atoms with van der Waals surface area (Å²) in [5.41, 5.74) is 11.3. The van der Waals surface area contributed by atoms with Crippen molar-refractivity contribution in [2.45, 2.75) is 32.4 Å². The molecule has 1 aromatic heterocycles. The predicted octanol–water partition coefficient (Wildman–Crippen LogP) is 1.88. The van der Waals surface area contributed by atoms with Gasteiger partial charge in [0.05, 0.1) is 6.04 Å². The molecule has 11 nitrogen and oxygen atoms in total. The van der Waals surface area contributed by atoms with Crippen molar-refractivity contribution < 1.29 is 28.3 Å². The molecule has 0 unspecified atom stereocenters. The molecule has 1 aliphatic heterocycles. The molecule has 2 aromatic carbocycles. The standard InChI is InChI=1S/C26H26N4O7/c1-14-21-17(10-16(27)11-19(21)37-25(34)22(14)24(28)33)23(32)18-8-5-9-30(18)20(31)12-29-26(35)36-13-15-6-3-2-4-7-15/h2-4,6-7,10-11,18H,5,8-9,12-13,27H2,1H3,(H2,28,33)(H,29,35)/t18-/m0/s1. The lowest BCUT2D eigenvalue weighted by Gasteiger charge is -2.24. The summed E-state index contributed by atoms with van der Waals surface area (Å²) in [7, 11) is 0. The maximum atomic E-state index is 13.6. The van der Waals surface area contributed by atoms with E-state index >= 15 is 0 Å². The number of ether oxygens (including phenoxy) is 1. The van der Waals surface area contributed by atoms with Crippen LogP contribution in [0.4, 0.5) is 10.5 Å². The molecule has 0 spiro atoms. The monoisotopic (exact) mass is 506 g/mol. The molecule has 2 heterocycles. The van der Waals surface area contributed by atoms with E-state index in [1.807, 2.05) is 18.2 Å². The summed E-state index contributed by atoms with van der Waals surface area (Å²) >= 11 is 0. The third kappa shape index (κ3) is 5.30. The largest absolute Gasteiger partial charge is 0.445 e. The predicted molar refractivity (Wildman–Crippen MR) is 134 cm³/mol. The Kier molecular flexibility index (Phi) is 7.23. The molecule has 192 valence electrons. The highest BCUT2D eigenvalue weighted by atomic mass is 16.5. The first-order chi connectivity index (χ1) is 17.7. The molecular formula is C26H26N4O7. The molecule has 1 aliphatic rings. The number of hydrogen-bond donors (Lipinski definition) is 3. The van der Waals surface area contributed by atoms with Gasteiger partial charge in [-0.1, -0.05) is 30.3 Å². The number of anilines is 1. The van der Waals surface area contributed by atoms with Crippen molar-refractivity contribution in [1.82, 2.24) is 10.2 Å². The first-order valence-corrected chi connectivity index (χ1v) is 11.6. The highest BCUT2D eigenvalue weighted by Gasteiger charge is 2.36. The molecule has 3 amide bonds. The number of benzene rings is 2. The number of carbonyl (C=O) groups is 4. The molecule has 37 heavy (non-hydrogen) atoms. The quantitative estimate of drug-likeness (QED) is 0.247. The maximum absolute atomic E-state index is 13.6. The van der Waals surface area contributed by atoms with Crippen molar-refractivity contribution in [3.05, 3.63) is 75.1 Å². The van der Waals surface area contributed by atoms with Gasteiger partial charge in [0, 0.05) is 29.2 Å². The van der Waals surface area contributed by atoms with Crippen molar-refractivity contribution >= 4 is 40.3 Å². The molecule has 0 radical (unpaired) electrons. The number of carbonyl (C=O) groups excluding carboxylic acids is 4. The van der Waals surface area contributed by atoms with Crippen LogP contribution in [0.2, 0.25) is 0 Å². The topological polar surface area (TPSA) is 175 Å². The van der Waals surface area contributed by atoms with Gasteiger partial charge in [-0.3, -0.25) is 14.4 Å². The van der Waals surface area contributed by atoms with Crippen molar-refractivity contribution in [2.24, 2.45) is 5.73 Å². The van der Waals surface area contributed by atoms with Gasteiger partial charge in [-0.2, -0.15) is 0 Å². The van der Waals surface area contributed by atoms with Crippen LogP contribution in [0.3, 0.4) is 0 Å². The van der Waals surface area contributed by atoms with Gasteiger partial charge < -0.3 is 30.8 Å². The molecule has 1 fully saturated rings. The zero-order valence-corrected chi connectivity index (χ0v) is 20.1. The SMILES string of the molecule is Cc1c(C(N)=O)c(=O)oc2cc(N)cc(C(=O)[C@@H]3CCCN3C(=O)CNC(=O)OCc3ccccc3)c12. The van der Waals surface area contributed by atoms with Gasteiger partial charge in [0.1, 0.15) is 24.3 Å². The summed E-state index contributed by atoms with van der Waals surface area (Å²) in [6.07, 6.45) is 0.199. The number of primary amides is 1. The number of Topliss-reactive ketones (excluding diaryl/α,β-unsaturated/α-hetero) is 1. The zero-order valence-electron chi connectivity index (χ0n) is 20.1. The lowest BCUT2D eigenvalue weighted by molar-refractivity contribution is -0.130. The average molecular weight is 507 g/mol. The smallest absolute Gasteiger partial charge is 0.407 e.